The van der Waals surface area contributed by atoms with Gasteiger partial charge in [-0.3, -0.25) is 9.71 Å². The van der Waals surface area contributed by atoms with Crippen LogP contribution in [0, 0.1) is 5.92 Å². The molecule has 12 heteroatoms. The highest BCUT2D eigenvalue weighted by atomic mass is 35.5. The quantitative estimate of drug-likeness (QED) is 0.265. The Balaban J connectivity index is 1.66. The Morgan fingerprint density at radius 2 is 1.72 bits per heavy atom. The second-order valence-corrected chi connectivity index (χ2v) is 11.7. The Hall–Kier alpha value is -3.21. The van der Waals surface area contributed by atoms with E-state index >= 15 is 0 Å². The molecule has 0 radical (unpaired) electrons. The van der Waals surface area contributed by atoms with Crippen LogP contribution in [0.15, 0.2) is 48.8 Å². The molecule has 39 heavy (non-hydrogen) atoms. The maximum atomic E-state index is 13.4. The monoisotopic (exact) mass is 594 g/mol. The summed E-state index contributed by atoms with van der Waals surface area (Å²) < 4.78 is 48.7. The van der Waals surface area contributed by atoms with E-state index in [1.165, 1.54) is 44.8 Å². The topological polar surface area (TPSA) is 113 Å². The molecule has 1 fully saturated rings. The minimum absolute atomic E-state index is 0.153. The van der Waals surface area contributed by atoms with Crippen LogP contribution in [0.4, 0.5) is 5.69 Å². The molecule has 0 amide bonds. The smallest absolute Gasteiger partial charge is 0.338 e. The van der Waals surface area contributed by atoms with Crippen molar-refractivity contribution in [3.8, 4) is 17.2 Å². The fourth-order valence-electron chi connectivity index (χ4n) is 3.84. The van der Waals surface area contributed by atoms with Gasteiger partial charge in [-0.05, 0) is 60.2 Å². The summed E-state index contributed by atoms with van der Waals surface area (Å²) >= 11 is 12.7. The Labute approximate surface area is 237 Å². The van der Waals surface area contributed by atoms with Crippen molar-refractivity contribution in [1.82, 2.24) is 4.98 Å². The second kappa shape index (κ2) is 12.3. The third kappa shape index (κ3) is 7.68. The van der Waals surface area contributed by atoms with Crippen LogP contribution >= 0.6 is 23.2 Å². The zero-order valence-electron chi connectivity index (χ0n) is 21.6. The van der Waals surface area contributed by atoms with Gasteiger partial charge >= 0.3 is 5.97 Å². The number of nitrogens with zero attached hydrogens (tertiary/aromatic N) is 1. The number of sulfonamides is 1. The number of ether oxygens (including phenoxy) is 4. The summed E-state index contributed by atoms with van der Waals surface area (Å²) in [6, 6.07) is 9.59. The third-order valence-electron chi connectivity index (χ3n) is 6.05. The number of hydrogen-bond acceptors (Lipinski definition) is 8. The van der Waals surface area contributed by atoms with Crippen LogP contribution in [0.25, 0.3) is 0 Å². The number of halogens is 2. The van der Waals surface area contributed by atoms with Crippen LogP contribution in [-0.2, 0) is 21.2 Å². The molecule has 2 aromatic carbocycles. The summed E-state index contributed by atoms with van der Waals surface area (Å²) in [4.78, 5) is 17.4. The Morgan fingerprint density at radius 3 is 2.33 bits per heavy atom. The molecule has 0 saturated heterocycles. The predicted molar refractivity (Wildman–Crippen MR) is 149 cm³/mol. The van der Waals surface area contributed by atoms with Gasteiger partial charge in [0.2, 0.25) is 10.0 Å². The number of carbonyl (C=O) groups is 1. The van der Waals surface area contributed by atoms with Gasteiger partial charge in [-0.15, -0.1) is 0 Å². The van der Waals surface area contributed by atoms with Crippen molar-refractivity contribution in [3.63, 3.8) is 0 Å². The second-order valence-electron chi connectivity index (χ2n) is 9.13. The first-order valence-corrected chi connectivity index (χ1v) is 14.7. The highest BCUT2D eigenvalue weighted by molar-refractivity contribution is 7.92. The fraction of sp³-hybridized carbons (Fsp3) is 0.333. The van der Waals surface area contributed by atoms with Gasteiger partial charge in [-0.2, -0.15) is 0 Å². The summed E-state index contributed by atoms with van der Waals surface area (Å²) in [5.74, 6) is 0.964. The molecule has 3 aromatic rings. The minimum atomic E-state index is -3.56. The molecule has 9 nitrogen and oxygen atoms in total. The van der Waals surface area contributed by atoms with E-state index in [-0.39, 0.29) is 23.4 Å². The molecule has 1 N–H and O–H groups in total. The molecule has 0 spiro atoms. The number of benzene rings is 2. The highest BCUT2D eigenvalue weighted by Crippen LogP contribution is 2.37. The third-order valence-corrected chi connectivity index (χ3v) is 7.30. The van der Waals surface area contributed by atoms with E-state index in [0.717, 1.165) is 19.1 Å². The molecule has 1 atom stereocenters. The molecule has 0 bridgehead atoms. The average molecular weight is 596 g/mol. The average Bonchev–Trinajstić information content (AvgIpc) is 3.73. The van der Waals surface area contributed by atoms with Crippen molar-refractivity contribution in [1.29, 1.82) is 0 Å². The van der Waals surface area contributed by atoms with Crippen LogP contribution < -0.4 is 18.9 Å². The van der Waals surface area contributed by atoms with E-state index < -0.39 is 22.1 Å². The van der Waals surface area contributed by atoms with Crippen molar-refractivity contribution in [2.75, 3.05) is 31.8 Å². The molecule has 208 valence electrons. The van der Waals surface area contributed by atoms with Crippen LogP contribution in [0.5, 0.6) is 17.2 Å². The lowest BCUT2D eigenvalue weighted by Crippen LogP contribution is -2.16. The number of esters is 1. The summed E-state index contributed by atoms with van der Waals surface area (Å²) in [6.07, 6.45) is 5.40. The Bertz CT molecular complexity index is 1440. The molecule has 0 aliphatic heterocycles. The minimum Gasteiger partial charge on any atom is -0.493 e. The number of carbonyl (C=O) groups excluding carboxylic acids is 1. The zero-order valence-corrected chi connectivity index (χ0v) is 23.9. The summed E-state index contributed by atoms with van der Waals surface area (Å²) in [7, 11) is -0.531. The number of hydrogen-bond donors (Lipinski definition) is 1. The molecule has 4 rings (SSSR count). The van der Waals surface area contributed by atoms with Gasteiger partial charge in [-0.25, -0.2) is 13.2 Å². The first kappa shape index (κ1) is 28.8. The van der Waals surface area contributed by atoms with Gasteiger partial charge in [-0.1, -0.05) is 29.3 Å². The number of rotatable bonds is 12. The molecule has 1 heterocycles. The maximum Gasteiger partial charge on any atom is 0.338 e. The molecular formula is C27H28Cl2N2O7S. The molecule has 1 aromatic heterocycles. The van der Waals surface area contributed by atoms with Crippen molar-refractivity contribution in [3.05, 3.63) is 75.5 Å². The first-order valence-electron chi connectivity index (χ1n) is 12.0. The fourth-order valence-corrected chi connectivity index (χ4v) is 4.93. The largest absolute Gasteiger partial charge is 0.493 e. The van der Waals surface area contributed by atoms with Gasteiger partial charge in [0.25, 0.3) is 0 Å². The molecular weight excluding hydrogens is 567 g/mol. The van der Waals surface area contributed by atoms with E-state index in [4.69, 9.17) is 42.1 Å². The first-order chi connectivity index (χ1) is 18.6. The van der Waals surface area contributed by atoms with Crippen LogP contribution in [-0.4, -0.2) is 46.5 Å². The zero-order chi connectivity index (χ0) is 28.2. The van der Waals surface area contributed by atoms with Crippen LogP contribution in [0.1, 0.15) is 40.4 Å². The summed E-state index contributed by atoms with van der Waals surface area (Å²) in [6.45, 7) is 0.421. The van der Waals surface area contributed by atoms with Gasteiger partial charge in [0, 0.05) is 18.8 Å². The van der Waals surface area contributed by atoms with Crippen LogP contribution in [0.2, 0.25) is 10.0 Å². The molecule has 1 unspecified atom stereocenters. The van der Waals surface area contributed by atoms with Gasteiger partial charge in [0.1, 0.15) is 11.9 Å². The van der Waals surface area contributed by atoms with E-state index in [9.17, 15) is 13.2 Å². The van der Waals surface area contributed by atoms with E-state index in [2.05, 4.69) is 9.71 Å². The standard InChI is InChI=1S/C27H28Cl2N2O7S/c1-35-23-9-7-17(10-26(23)36-2)24(12-19-20(28)13-30-14-21(19)29)38-27(32)18-6-8-22(31-39(3,33)34)25(11-18)37-15-16-4-5-16/h6-11,13-14,16,24,31H,4-5,12,15H2,1-3H3. The van der Waals surface area contributed by atoms with E-state index in [1.807, 2.05) is 0 Å². The van der Waals surface area contributed by atoms with Crippen molar-refractivity contribution < 1.29 is 32.2 Å². The maximum absolute atomic E-state index is 13.4. The Morgan fingerprint density at radius 1 is 1.03 bits per heavy atom. The number of nitrogens with one attached hydrogen (secondary N) is 1. The van der Waals surface area contributed by atoms with Crippen molar-refractivity contribution in [2.24, 2.45) is 5.92 Å². The van der Waals surface area contributed by atoms with E-state index in [0.29, 0.717) is 45.2 Å². The van der Waals surface area contributed by atoms with Gasteiger partial charge in [0.15, 0.2) is 11.5 Å². The lowest BCUT2D eigenvalue weighted by molar-refractivity contribution is 0.0296. The number of methoxy groups -OCH3 is 2. The molecule has 1 aliphatic carbocycles. The molecule has 1 aliphatic rings. The normalized spacial score (nSPS) is 13.9. The van der Waals surface area contributed by atoms with Gasteiger partial charge in [0.05, 0.1) is 48.4 Å². The van der Waals surface area contributed by atoms with E-state index in [1.54, 1.807) is 18.2 Å². The SMILES string of the molecule is COc1ccc(C(Cc2c(Cl)cncc2Cl)OC(=O)c2ccc(NS(C)(=O)=O)c(OCC3CC3)c2)cc1OC. The Kier molecular flexibility index (Phi) is 9.09. The lowest BCUT2D eigenvalue weighted by Gasteiger charge is -2.21. The van der Waals surface area contributed by atoms with Crippen molar-refractivity contribution >= 4 is 44.9 Å². The number of anilines is 1. The summed E-state index contributed by atoms with van der Waals surface area (Å²) in [5, 5.41) is 0.659. The van der Waals surface area contributed by atoms with Crippen molar-refractivity contribution in [2.45, 2.75) is 25.4 Å². The number of pyridine rings is 1. The summed E-state index contributed by atoms with van der Waals surface area (Å²) in [5.41, 5.74) is 1.59. The number of aromatic nitrogens is 1. The highest BCUT2D eigenvalue weighted by Gasteiger charge is 2.25. The van der Waals surface area contributed by atoms with Crippen LogP contribution in [0.3, 0.4) is 0 Å². The lowest BCUT2D eigenvalue weighted by atomic mass is 10.0. The predicted octanol–water partition coefficient (Wildman–Crippen LogP) is 5.71. The molecule has 1 saturated carbocycles. The van der Waals surface area contributed by atoms with Gasteiger partial charge < -0.3 is 18.9 Å².